The molecule has 2 unspecified atom stereocenters. The lowest BCUT2D eigenvalue weighted by atomic mass is 10.0. The Labute approximate surface area is 113 Å². The van der Waals surface area contributed by atoms with Crippen LogP contribution in [0.3, 0.4) is 0 Å². The number of hydrogen-bond acceptors (Lipinski definition) is 2. The standard InChI is InChI=1S/C15H32N2O/c1-6-8-14(5)17-15(18)11-16-13(4)10-7-9-12(2)3/h12-14,16H,6-11H2,1-5H3,(H,17,18). The second-order valence-electron chi connectivity index (χ2n) is 5.86. The molecule has 108 valence electrons. The highest BCUT2D eigenvalue weighted by Crippen LogP contribution is 2.07. The van der Waals surface area contributed by atoms with Crippen molar-refractivity contribution in [1.29, 1.82) is 0 Å². The predicted octanol–water partition coefficient (Wildman–Crippen LogP) is 3.10. The summed E-state index contributed by atoms with van der Waals surface area (Å²) in [7, 11) is 0. The number of carbonyl (C=O) groups excluding carboxylic acids is 1. The molecule has 2 atom stereocenters. The number of amides is 1. The van der Waals surface area contributed by atoms with Crippen molar-refractivity contribution < 1.29 is 4.79 Å². The van der Waals surface area contributed by atoms with Crippen molar-refractivity contribution in [3.63, 3.8) is 0 Å². The van der Waals surface area contributed by atoms with Crippen LogP contribution in [0.2, 0.25) is 0 Å². The molecule has 2 N–H and O–H groups in total. The van der Waals surface area contributed by atoms with Crippen LogP contribution in [-0.4, -0.2) is 24.5 Å². The van der Waals surface area contributed by atoms with Gasteiger partial charge in [0.25, 0.3) is 0 Å². The molecule has 0 aromatic heterocycles. The molecule has 0 radical (unpaired) electrons. The van der Waals surface area contributed by atoms with Crippen molar-refractivity contribution in [2.45, 2.75) is 78.8 Å². The topological polar surface area (TPSA) is 41.1 Å². The summed E-state index contributed by atoms with van der Waals surface area (Å²) in [5.74, 6) is 0.891. The summed E-state index contributed by atoms with van der Waals surface area (Å²) in [5, 5.41) is 6.30. The minimum atomic E-state index is 0.117. The maximum Gasteiger partial charge on any atom is 0.234 e. The van der Waals surface area contributed by atoms with Crippen molar-refractivity contribution in [1.82, 2.24) is 10.6 Å². The van der Waals surface area contributed by atoms with Crippen LogP contribution in [0.15, 0.2) is 0 Å². The molecule has 0 aromatic rings. The van der Waals surface area contributed by atoms with Crippen LogP contribution in [0.5, 0.6) is 0 Å². The van der Waals surface area contributed by atoms with E-state index < -0.39 is 0 Å². The van der Waals surface area contributed by atoms with Crippen LogP contribution < -0.4 is 10.6 Å². The molecule has 0 aromatic carbocycles. The Morgan fingerprint density at radius 2 is 1.67 bits per heavy atom. The Kier molecular flexibility index (Phi) is 10.0. The fraction of sp³-hybridized carbons (Fsp3) is 0.933. The largest absolute Gasteiger partial charge is 0.353 e. The van der Waals surface area contributed by atoms with Gasteiger partial charge >= 0.3 is 0 Å². The van der Waals surface area contributed by atoms with Gasteiger partial charge in [0.2, 0.25) is 5.91 Å². The van der Waals surface area contributed by atoms with E-state index in [1.165, 1.54) is 12.8 Å². The third kappa shape index (κ3) is 10.6. The highest BCUT2D eigenvalue weighted by Gasteiger charge is 2.08. The molecule has 0 saturated carbocycles. The summed E-state index contributed by atoms with van der Waals surface area (Å²) < 4.78 is 0. The average Bonchev–Trinajstić information content (AvgIpc) is 2.26. The zero-order valence-electron chi connectivity index (χ0n) is 12.9. The summed E-state index contributed by atoms with van der Waals surface area (Å²) in [6.07, 6.45) is 5.82. The molecule has 18 heavy (non-hydrogen) atoms. The third-order valence-corrected chi connectivity index (χ3v) is 3.16. The molecular weight excluding hydrogens is 224 g/mol. The number of rotatable bonds is 10. The summed E-state index contributed by atoms with van der Waals surface area (Å²) in [6, 6.07) is 0.719. The number of carbonyl (C=O) groups is 1. The highest BCUT2D eigenvalue weighted by molar-refractivity contribution is 5.78. The van der Waals surface area contributed by atoms with Gasteiger partial charge in [-0.25, -0.2) is 0 Å². The van der Waals surface area contributed by atoms with Gasteiger partial charge in [0.05, 0.1) is 6.54 Å². The van der Waals surface area contributed by atoms with E-state index in [2.05, 4.69) is 45.3 Å². The van der Waals surface area contributed by atoms with E-state index in [0.717, 1.165) is 25.2 Å². The SMILES string of the molecule is CCCC(C)NC(=O)CNC(C)CCCC(C)C. The smallest absolute Gasteiger partial charge is 0.234 e. The molecule has 0 fully saturated rings. The van der Waals surface area contributed by atoms with Crippen LogP contribution in [0.4, 0.5) is 0 Å². The highest BCUT2D eigenvalue weighted by atomic mass is 16.1. The fourth-order valence-electron chi connectivity index (χ4n) is 2.03. The fourth-order valence-corrected chi connectivity index (χ4v) is 2.03. The number of nitrogens with one attached hydrogen (secondary N) is 2. The molecule has 0 bridgehead atoms. The van der Waals surface area contributed by atoms with Crippen molar-refractivity contribution >= 4 is 5.91 Å². The summed E-state index contributed by atoms with van der Waals surface area (Å²) in [5.41, 5.74) is 0. The lowest BCUT2D eigenvalue weighted by Crippen LogP contribution is -2.41. The second-order valence-corrected chi connectivity index (χ2v) is 5.86. The van der Waals surface area contributed by atoms with E-state index in [1.54, 1.807) is 0 Å². The Bertz CT molecular complexity index is 217. The van der Waals surface area contributed by atoms with E-state index >= 15 is 0 Å². The molecule has 1 amide bonds. The third-order valence-electron chi connectivity index (χ3n) is 3.16. The lowest BCUT2D eigenvalue weighted by Gasteiger charge is -2.16. The predicted molar refractivity (Wildman–Crippen MR) is 78.7 cm³/mol. The first-order valence-corrected chi connectivity index (χ1v) is 7.48. The number of hydrogen-bond donors (Lipinski definition) is 2. The van der Waals surface area contributed by atoms with Gasteiger partial charge in [0, 0.05) is 12.1 Å². The van der Waals surface area contributed by atoms with Gasteiger partial charge in [0.1, 0.15) is 0 Å². The van der Waals surface area contributed by atoms with Crippen molar-refractivity contribution in [2.75, 3.05) is 6.54 Å². The van der Waals surface area contributed by atoms with E-state index in [1.807, 2.05) is 0 Å². The Morgan fingerprint density at radius 1 is 1.00 bits per heavy atom. The van der Waals surface area contributed by atoms with E-state index in [0.29, 0.717) is 18.6 Å². The van der Waals surface area contributed by atoms with E-state index in [9.17, 15) is 4.79 Å². The zero-order valence-corrected chi connectivity index (χ0v) is 12.9. The van der Waals surface area contributed by atoms with Gasteiger partial charge in [-0.3, -0.25) is 4.79 Å². The molecule has 0 rings (SSSR count). The van der Waals surface area contributed by atoms with Crippen LogP contribution in [0.1, 0.15) is 66.7 Å². The Balaban J connectivity index is 3.58. The minimum Gasteiger partial charge on any atom is -0.353 e. The lowest BCUT2D eigenvalue weighted by molar-refractivity contribution is -0.121. The molecule has 0 aliphatic rings. The molecular formula is C15H32N2O. The van der Waals surface area contributed by atoms with Gasteiger partial charge in [-0.15, -0.1) is 0 Å². The van der Waals surface area contributed by atoms with Gasteiger partial charge in [-0.1, -0.05) is 40.0 Å². The van der Waals surface area contributed by atoms with Crippen LogP contribution >= 0.6 is 0 Å². The average molecular weight is 256 g/mol. The second kappa shape index (κ2) is 10.4. The summed E-state index contributed by atoms with van der Waals surface area (Å²) in [4.78, 5) is 11.6. The minimum absolute atomic E-state index is 0.117. The van der Waals surface area contributed by atoms with Crippen LogP contribution in [-0.2, 0) is 4.79 Å². The van der Waals surface area contributed by atoms with Crippen LogP contribution in [0.25, 0.3) is 0 Å². The molecule has 0 spiro atoms. The van der Waals surface area contributed by atoms with Crippen molar-refractivity contribution in [2.24, 2.45) is 5.92 Å². The van der Waals surface area contributed by atoms with Gasteiger partial charge in [0.15, 0.2) is 0 Å². The molecule has 3 nitrogen and oxygen atoms in total. The van der Waals surface area contributed by atoms with Gasteiger partial charge < -0.3 is 10.6 Å². The van der Waals surface area contributed by atoms with Gasteiger partial charge in [-0.05, 0) is 32.6 Å². The zero-order chi connectivity index (χ0) is 14.0. The first-order valence-electron chi connectivity index (χ1n) is 7.48. The molecule has 0 heterocycles. The normalized spacial score (nSPS) is 14.6. The maximum atomic E-state index is 11.6. The summed E-state index contributed by atoms with van der Waals surface area (Å²) >= 11 is 0. The molecule has 3 heteroatoms. The molecule has 0 aliphatic carbocycles. The quantitative estimate of drug-likeness (QED) is 0.630. The summed E-state index contributed by atoms with van der Waals surface area (Å²) in [6.45, 7) is 11.3. The van der Waals surface area contributed by atoms with Crippen molar-refractivity contribution in [3.8, 4) is 0 Å². The van der Waals surface area contributed by atoms with E-state index in [-0.39, 0.29) is 5.91 Å². The van der Waals surface area contributed by atoms with E-state index in [4.69, 9.17) is 0 Å². The molecule has 0 saturated heterocycles. The van der Waals surface area contributed by atoms with Gasteiger partial charge in [-0.2, -0.15) is 0 Å². The monoisotopic (exact) mass is 256 g/mol. The Morgan fingerprint density at radius 3 is 2.22 bits per heavy atom. The van der Waals surface area contributed by atoms with Crippen LogP contribution in [0, 0.1) is 5.92 Å². The first kappa shape index (κ1) is 17.4. The molecule has 0 aliphatic heterocycles. The Hall–Kier alpha value is -0.570. The first-order chi connectivity index (χ1) is 8.45. The maximum absolute atomic E-state index is 11.6. The van der Waals surface area contributed by atoms with Crippen molar-refractivity contribution in [3.05, 3.63) is 0 Å².